The number of rotatable bonds is 2. The van der Waals surface area contributed by atoms with Gasteiger partial charge >= 0.3 is 0 Å². The summed E-state index contributed by atoms with van der Waals surface area (Å²) in [5.41, 5.74) is 2.09. The largest absolute Gasteiger partial charge is 0.394 e. The maximum atomic E-state index is 12.5. The van der Waals surface area contributed by atoms with Gasteiger partial charge in [0.25, 0.3) is 0 Å². The van der Waals surface area contributed by atoms with E-state index >= 15 is 0 Å². The van der Waals surface area contributed by atoms with Crippen LogP contribution in [0.25, 0.3) is 0 Å². The second-order valence-corrected chi connectivity index (χ2v) is 5.53. The molecule has 1 heterocycles. The van der Waals surface area contributed by atoms with E-state index in [2.05, 4.69) is 6.92 Å². The SMILES string of the molecule is Cc1ccc(N2CC(C)CN(C)C(CO)C2=O)cc1. The van der Waals surface area contributed by atoms with E-state index in [-0.39, 0.29) is 12.5 Å². The molecule has 104 valence electrons. The van der Waals surface area contributed by atoms with Gasteiger partial charge in [0, 0.05) is 18.8 Å². The number of carbonyl (C=O) groups is 1. The Kier molecular flexibility index (Phi) is 4.22. The Balaban J connectivity index is 2.31. The standard InChI is InChI=1S/C15H22N2O2/c1-11-4-6-13(7-5-11)17-9-12(2)8-16(3)14(10-18)15(17)19/h4-7,12,14,18H,8-10H2,1-3H3. The van der Waals surface area contributed by atoms with Crippen molar-refractivity contribution in [1.82, 2.24) is 4.90 Å². The maximum Gasteiger partial charge on any atom is 0.246 e. The minimum atomic E-state index is -0.439. The molecular weight excluding hydrogens is 240 g/mol. The topological polar surface area (TPSA) is 43.8 Å². The smallest absolute Gasteiger partial charge is 0.246 e. The molecule has 1 amide bonds. The van der Waals surface area contributed by atoms with Gasteiger partial charge in [-0.25, -0.2) is 0 Å². The van der Waals surface area contributed by atoms with Crippen LogP contribution in [-0.4, -0.2) is 48.7 Å². The van der Waals surface area contributed by atoms with Gasteiger partial charge in [-0.05, 0) is 32.0 Å². The van der Waals surface area contributed by atoms with Crippen LogP contribution in [0.4, 0.5) is 5.69 Å². The van der Waals surface area contributed by atoms with E-state index in [1.807, 2.05) is 43.1 Å². The van der Waals surface area contributed by atoms with Crippen molar-refractivity contribution in [3.8, 4) is 0 Å². The molecule has 1 aromatic rings. The van der Waals surface area contributed by atoms with Crippen LogP contribution in [0.1, 0.15) is 12.5 Å². The predicted molar refractivity (Wildman–Crippen MR) is 76.2 cm³/mol. The summed E-state index contributed by atoms with van der Waals surface area (Å²) in [7, 11) is 1.90. The van der Waals surface area contributed by atoms with E-state index in [1.165, 1.54) is 5.56 Å². The Morgan fingerprint density at radius 3 is 2.47 bits per heavy atom. The molecule has 4 nitrogen and oxygen atoms in total. The highest BCUT2D eigenvalue weighted by atomic mass is 16.3. The van der Waals surface area contributed by atoms with Crippen molar-refractivity contribution in [2.24, 2.45) is 5.92 Å². The van der Waals surface area contributed by atoms with E-state index in [4.69, 9.17) is 0 Å². The average molecular weight is 262 g/mol. The number of benzene rings is 1. The van der Waals surface area contributed by atoms with E-state index in [0.29, 0.717) is 12.5 Å². The first kappa shape index (κ1) is 14.0. The molecule has 1 aromatic carbocycles. The zero-order valence-electron chi connectivity index (χ0n) is 11.8. The van der Waals surface area contributed by atoms with E-state index in [1.54, 1.807) is 4.90 Å². The zero-order chi connectivity index (χ0) is 14.0. The number of hydrogen-bond donors (Lipinski definition) is 1. The van der Waals surface area contributed by atoms with Crippen molar-refractivity contribution in [3.63, 3.8) is 0 Å². The van der Waals surface area contributed by atoms with Gasteiger partial charge in [0.2, 0.25) is 5.91 Å². The van der Waals surface area contributed by atoms with E-state index in [0.717, 1.165) is 12.2 Å². The lowest BCUT2D eigenvalue weighted by atomic mass is 10.1. The lowest BCUT2D eigenvalue weighted by molar-refractivity contribution is -0.123. The van der Waals surface area contributed by atoms with Gasteiger partial charge in [-0.1, -0.05) is 24.6 Å². The van der Waals surface area contributed by atoms with Gasteiger partial charge in [-0.2, -0.15) is 0 Å². The molecular formula is C15H22N2O2. The highest BCUT2D eigenvalue weighted by Gasteiger charge is 2.33. The molecule has 0 spiro atoms. The van der Waals surface area contributed by atoms with Gasteiger partial charge in [0.15, 0.2) is 0 Å². The summed E-state index contributed by atoms with van der Waals surface area (Å²) in [5, 5.41) is 9.46. The van der Waals surface area contributed by atoms with E-state index in [9.17, 15) is 9.90 Å². The lowest BCUT2D eigenvalue weighted by Crippen LogP contribution is -2.46. The zero-order valence-corrected chi connectivity index (χ0v) is 11.8. The molecule has 1 fully saturated rings. The average Bonchev–Trinajstić information content (AvgIpc) is 2.47. The summed E-state index contributed by atoms with van der Waals surface area (Å²) in [6.07, 6.45) is 0. The van der Waals surface area contributed by atoms with Crippen molar-refractivity contribution in [1.29, 1.82) is 0 Å². The van der Waals surface area contributed by atoms with Crippen LogP contribution in [-0.2, 0) is 4.79 Å². The third-order valence-corrected chi connectivity index (χ3v) is 3.70. The number of likely N-dealkylation sites (N-methyl/N-ethyl adjacent to an activating group) is 1. The fourth-order valence-electron chi connectivity index (χ4n) is 2.62. The fourth-order valence-corrected chi connectivity index (χ4v) is 2.62. The summed E-state index contributed by atoms with van der Waals surface area (Å²) >= 11 is 0. The van der Waals surface area contributed by atoms with Crippen molar-refractivity contribution in [2.75, 3.05) is 31.6 Å². The van der Waals surface area contributed by atoms with Crippen molar-refractivity contribution in [2.45, 2.75) is 19.9 Å². The van der Waals surface area contributed by atoms with Crippen LogP contribution >= 0.6 is 0 Å². The summed E-state index contributed by atoms with van der Waals surface area (Å²) in [6.45, 7) is 5.54. The number of aryl methyl sites for hydroxylation is 1. The van der Waals surface area contributed by atoms with Gasteiger partial charge in [0.1, 0.15) is 6.04 Å². The Hall–Kier alpha value is -1.39. The molecule has 0 aromatic heterocycles. The summed E-state index contributed by atoms with van der Waals surface area (Å²) in [4.78, 5) is 16.3. The van der Waals surface area contributed by atoms with E-state index < -0.39 is 6.04 Å². The molecule has 0 radical (unpaired) electrons. The van der Waals surface area contributed by atoms with Gasteiger partial charge in [0.05, 0.1) is 6.61 Å². The molecule has 0 aliphatic carbocycles. The molecule has 2 unspecified atom stereocenters. The van der Waals surface area contributed by atoms with Gasteiger partial charge < -0.3 is 10.0 Å². The number of nitrogens with zero attached hydrogens (tertiary/aromatic N) is 2. The van der Waals surface area contributed by atoms with Crippen LogP contribution in [0.5, 0.6) is 0 Å². The molecule has 1 aliphatic rings. The lowest BCUT2D eigenvalue weighted by Gasteiger charge is -2.26. The summed E-state index contributed by atoms with van der Waals surface area (Å²) in [5.74, 6) is 0.366. The second-order valence-electron chi connectivity index (χ2n) is 5.53. The minimum absolute atomic E-state index is 0.0156. The monoisotopic (exact) mass is 262 g/mol. The number of amides is 1. The Morgan fingerprint density at radius 1 is 1.26 bits per heavy atom. The first-order chi connectivity index (χ1) is 9.02. The Bertz CT molecular complexity index is 444. The number of aliphatic hydroxyl groups excluding tert-OH is 1. The van der Waals surface area contributed by atoms with Crippen molar-refractivity contribution < 1.29 is 9.90 Å². The normalized spacial score (nSPS) is 25.5. The minimum Gasteiger partial charge on any atom is -0.394 e. The first-order valence-electron chi connectivity index (χ1n) is 6.72. The highest BCUT2D eigenvalue weighted by molar-refractivity contribution is 5.97. The number of hydrogen-bond acceptors (Lipinski definition) is 3. The molecule has 1 aliphatic heterocycles. The summed E-state index contributed by atoms with van der Waals surface area (Å²) in [6, 6.07) is 7.52. The third-order valence-electron chi connectivity index (χ3n) is 3.70. The number of carbonyl (C=O) groups excluding carboxylic acids is 1. The van der Waals surface area contributed by atoms with Crippen molar-refractivity contribution >= 4 is 11.6 Å². The van der Waals surface area contributed by atoms with Gasteiger partial charge in [-0.15, -0.1) is 0 Å². The highest BCUT2D eigenvalue weighted by Crippen LogP contribution is 2.22. The Labute approximate surface area is 114 Å². The predicted octanol–water partition coefficient (Wildman–Crippen LogP) is 1.27. The molecule has 1 N–H and O–H groups in total. The van der Waals surface area contributed by atoms with Crippen LogP contribution in [0.15, 0.2) is 24.3 Å². The van der Waals surface area contributed by atoms with Crippen molar-refractivity contribution in [3.05, 3.63) is 29.8 Å². The van der Waals surface area contributed by atoms with Crippen LogP contribution in [0.2, 0.25) is 0 Å². The first-order valence-corrected chi connectivity index (χ1v) is 6.72. The number of anilines is 1. The molecule has 2 atom stereocenters. The maximum absolute atomic E-state index is 12.5. The molecule has 2 rings (SSSR count). The van der Waals surface area contributed by atoms with Crippen LogP contribution in [0, 0.1) is 12.8 Å². The van der Waals surface area contributed by atoms with Crippen LogP contribution in [0.3, 0.4) is 0 Å². The Morgan fingerprint density at radius 2 is 1.89 bits per heavy atom. The fraction of sp³-hybridized carbons (Fsp3) is 0.533. The van der Waals surface area contributed by atoms with Gasteiger partial charge in [-0.3, -0.25) is 9.69 Å². The summed E-state index contributed by atoms with van der Waals surface area (Å²) < 4.78 is 0. The molecule has 0 saturated carbocycles. The molecule has 19 heavy (non-hydrogen) atoms. The molecule has 1 saturated heterocycles. The van der Waals surface area contributed by atoms with Crippen LogP contribution < -0.4 is 4.90 Å². The number of aliphatic hydroxyl groups is 1. The third kappa shape index (κ3) is 2.96. The second kappa shape index (κ2) is 5.72. The quantitative estimate of drug-likeness (QED) is 0.873. The molecule has 4 heteroatoms. The molecule has 0 bridgehead atoms.